The number of nitrogens with one attached hydrogen (secondary N) is 1. The largest absolute Gasteiger partial charge is 0.384 e. The number of hydrogen-bond acceptors (Lipinski definition) is 3. The summed E-state index contributed by atoms with van der Waals surface area (Å²) in [6.07, 6.45) is 5.61. The lowest BCUT2D eigenvalue weighted by Gasteiger charge is -2.16. The minimum atomic E-state index is 0.714. The quantitative estimate of drug-likeness (QED) is 0.661. The lowest BCUT2D eigenvalue weighted by molar-refractivity contribution is 0.218. The Labute approximate surface area is 92.2 Å². The summed E-state index contributed by atoms with van der Waals surface area (Å²) >= 11 is 2.00. The van der Waals surface area contributed by atoms with Gasteiger partial charge in [-0.25, -0.2) is 0 Å². The van der Waals surface area contributed by atoms with Crippen LogP contribution in [0.25, 0.3) is 0 Å². The molecular weight excluding hydrogens is 194 g/mol. The van der Waals surface area contributed by atoms with Crippen LogP contribution >= 0.6 is 11.8 Å². The minimum Gasteiger partial charge on any atom is -0.384 e. The van der Waals surface area contributed by atoms with Crippen molar-refractivity contribution in [3.63, 3.8) is 0 Å². The van der Waals surface area contributed by atoms with Gasteiger partial charge in [0.1, 0.15) is 0 Å². The molecule has 0 radical (unpaired) electrons. The molecule has 1 aliphatic carbocycles. The molecule has 1 fully saturated rings. The van der Waals surface area contributed by atoms with Crippen molar-refractivity contribution in [1.82, 2.24) is 5.32 Å². The predicted molar refractivity (Wildman–Crippen MR) is 64.1 cm³/mol. The van der Waals surface area contributed by atoms with Gasteiger partial charge in [0.15, 0.2) is 0 Å². The first-order valence-corrected chi connectivity index (χ1v) is 6.71. The standard InChI is InChI=1S/C11H23NOS/c1-10(14-8-7-13-2)9-12-11-5-3-4-6-11/h10-12H,3-9H2,1-2H3. The third-order valence-corrected chi connectivity index (χ3v) is 3.88. The fourth-order valence-corrected chi connectivity index (χ4v) is 2.73. The van der Waals surface area contributed by atoms with Gasteiger partial charge >= 0.3 is 0 Å². The molecule has 14 heavy (non-hydrogen) atoms. The van der Waals surface area contributed by atoms with Crippen molar-refractivity contribution < 1.29 is 4.74 Å². The van der Waals surface area contributed by atoms with Crippen LogP contribution in [-0.4, -0.2) is 37.3 Å². The predicted octanol–water partition coefficient (Wildman–Crippen LogP) is 2.29. The molecule has 0 bridgehead atoms. The molecule has 0 aliphatic heterocycles. The summed E-state index contributed by atoms with van der Waals surface area (Å²) in [7, 11) is 1.77. The molecule has 1 unspecified atom stereocenters. The smallest absolute Gasteiger partial charge is 0.0553 e. The Morgan fingerprint density at radius 2 is 2.14 bits per heavy atom. The van der Waals surface area contributed by atoms with E-state index in [1.54, 1.807) is 7.11 Å². The van der Waals surface area contributed by atoms with Crippen LogP contribution in [0.15, 0.2) is 0 Å². The topological polar surface area (TPSA) is 21.3 Å². The van der Waals surface area contributed by atoms with E-state index in [1.165, 1.54) is 25.7 Å². The average Bonchev–Trinajstić information content (AvgIpc) is 2.68. The molecule has 3 heteroatoms. The minimum absolute atomic E-state index is 0.714. The highest BCUT2D eigenvalue weighted by Gasteiger charge is 2.14. The summed E-state index contributed by atoms with van der Waals surface area (Å²) in [4.78, 5) is 0. The maximum atomic E-state index is 5.03. The van der Waals surface area contributed by atoms with E-state index >= 15 is 0 Å². The molecule has 1 rings (SSSR count). The zero-order valence-electron chi connectivity index (χ0n) is 9.42. The van der Waals surface area contributed by atoms with Crippen LogP contribution in [0.2, 0.25) is 0 Å². The summed E-state index contributed by atoms with van der Waals surface area (Å²) in [6, 6.07) is 0.806. The van der Waals surface area contributed by atoms with Gasteiger partial charge in [-0.1, -0.05) is 19.8 Å². The highest BCUT2D eigenvalue weighted by atomic mass is 32.2. The summed E-state index contributed by atoms with van der Waals surface area (Å²) in [5.41, 5.74) is 0. The number of thioether (sulfide) groups is 1. The van der Waals surface area contributed by atoms with E-state index in [2.05, 4.69) is 12.2 Å². The van der Waals surface area contributed by atoms with Crippen molar-refractivity contribution in [2.45, 2.75) is 43.9 Å². The molecule has 1 aliphatic rings. The summed E-state index contributed by atoms with van der Waals surface area (Å²) in [6.45, 7) is 4.32. The molecule has 0 aromatic rings. The monoisotopic (exact) mass is 217 g/mol. The highest BCUT2D eigenvalue weighted by molar-refractivity contribution is 7.99. The van der Waals surface area contributed by atoms with Gasteiger partial charge in [0.25, 0.3) is 0 Å². The van der Waals surface area contributed by atoms with E-state index in [-0.39, 0.29) is 0 Å². The number of methoxy groups -OCH3 is 1. The Kier molecular flexibility index (Phi) is 6.65. The third kappa shape index (κ3) is 5.23. The van der Waals surface area contributed by atoms with Crippen molar-refractivity contribution >= 4 is 11.8 Å². The Balaban J connectivity index is 1.93. The number of ether oxygens (including phenoxy) is 1. The van der Waals surface area contributed by atoms with Gasteiger partial charge < -0.3 is 10.1 Å². The molecule has 1 atom stereocenters. The van der Waals surface area contributed by atoms with Gasteiger partial charge in [-0.15, -0.1) is 0 Å². The first kappa shape index (κ1) is 12.3. The Bertz CT molecular complexity index is 137. The van der Waals surface area contributed by atoms with E-state index in [9.17, 15) is 0 Å². The molecule has 2 nitrogen and oxygen atoms in total. The maximum absolute atomic E-state index is 5.03. The van der Waals surface area contributed by atoms with Crippen LogP contribution in [-0.2, 0) is 4.74 Å². The van der Waals surface area contributed by atoms with Crippen LogP contribution in [0.1, 0.15) is 32.6 Å². The van der Waals surface area contributed by atoms with Crippen molar-refractivity contribution in [2.24, 2.45) is 0 Å². The van der Waals surface area contributed by atoms with Gasteiger partial charge in [-0.2, -0.15) is 11.8 Å². The number of hydrogen-bond donors (Lipinski definition) is 1. The van der Waals surface area contributed by atoms with Gasteiger partial charge in [0.2, 0.25) is 0 Å². The van der Waals surface area contributed by atoms with Gasteiger partial charge in [0.05, 0.1) is 6.61 Å². The van der Waals surface area contributed by atoms with E-state index in [4.69, 9.17) is 4.74 Å². The normalized spacial score (nSPS) is 20.1. The van der Waals surface area contributed by atoms with E-state index in [1.807, 2.05) is 11.8 Å². The second-order valence-electron chi connectivity index (χ2n) is 4.06. The maximum Gasteiger partial charge on any atom is 0.0553 e. The second kappa shape index (κ2) is 7.55. The van der Waals surface area contributed by atoms with Crippen molar-refractivity contribution in [3.8, 4) is 0 Å². The Morgan fingerprint density at radius 1 is 1.43 bits per heavy atom. The molecular formula is C11H23NOS. The van der Waals surface area contributed by atoms with Gasteiger partial charge in [-0.05, 0) is 12.8 Å². The first-order valence-electron chi connectivity index (χ1n) is 5.67. The summed E-state index contributed by atoms with van der Waals surface area (Å²) in [5.74, 6) is 1.12. The summed E-state index contributed by atoms with van der Waals surface area (Å²) in [5, 5.41) is 4.36. The zero-order chi connectivity index (χ0) is 10.2. The van der Waals surface area contributed by atoms with Gasteiger partial charge in [0, 0.05) is 30.7 Å². The van der Waals surface area contributed by atoms with Crippen molar-refractivity contribution in [3.05, 3.63) is 0 Å². The molecule has 1 saturated carbocycles. The first-order chi connectivity index (χ1) is 6.83. The average molecular weight is 217 g/mol. The molecule has 1 N–H and O–H groups in total. The van der Waals surface area contributed by atoms with Crippen LogP contribution in [0.5, 0.6) is 0 Å². The molecule has 0 spiro atoms. The van der Waals surface area contributed by atoms with Gasteiger partial charge in [-0.3, -0.25) is 0 Å². The molecule has 0 saturated heterocycles. The Hall–Kier alpha value is 0.270. The Morgan fingerprint density at radius 3 is 2.79 bits per heavy atom. The van der Waals surface area contributed by atoms with E-state index < -0.39 is 0 Å². The van der Waals surface area contributed by atoms with Crippen LogP contribution in [0.3, 0.4) is 0 Å². The fraction of sp³-hybridized carbons (Fsp3) is 1.00. The molecule has 84 valence electrons. The lowest BCUT2D eigenvalue weighted by atomic mass is 10.2. The zero-order valence-corrected chi connectivity index (χ0v) is 10.2. The molecule has 0 aromatic carbocycles. The van der Waals surface area contributed by atoms with Crippen LogP contribution in [0.4, 0.5) is 0 Å². The molecule has 0 heterocycles. The van der Waals surface area contributed by atoms with Crippen molar-refractivity contribution in [1.29, 1.82) is 0 Å². The van der Waals surface area contributed by atoms with E-state index in [0.717, 1.165) is 24.9 Å². The fourth-order valence-electron chi connectivity index (χ4n) is 1.85. The van der Waals surface area contributed by atoms with Crippen molar-refractivity contribution in [2.75, 3.05) is 26.0 Å². The second-order valence-corrected chi connectivity index (χ2v) is 5.61. The molecule has 0 aromatic heterocycles. The van der Waals surface area contributed by atoms with Crippen LogP contribution < -0.4 is 5.32 Å². The summed E-state index contributed by atoms with van der Waals surface area (Å²) < 4.78 is 5.03. The van der Waals surface area contributed by atoms with Crippen LogP contribution in [0, 0.1) is 0 Å². The number of rotatable bonds is 7. The highest BCUT2D eigenvalue weighted by Crippen LogP contribution is 2.18. The lowest BCUT2D eigenvalue weighted by Crippen LogP contribution is -2.31. The third-order valence-electron chi connectivity index (χ3n) is 2.74. The van der Waals surface area contributed by atoms with E-state index in [0.29, 0.717) is 5.25 Å². The molecule has 0 amide bonds. The SMILES string of the molecule is COCCSC(C)CNC1CCCC1.